The third-order valence-corrected chi connectivity index (χ3v) is 3.51. The number of nitrogens with one attached hydrogen (secondary N) is 1. The highest BCUT2D eigenvalue weighted by atomic mass is 19.1. The Morgan fingerprint density at radius 2 is 2.39 bits per heavy atom. The van der Waals surface area contributed by atoms with Gasteiger partial charge in [0.2, 0.25) is 5.95 Å². The molecule has 1 atom stereocenters. The molecular formula is C16H15FN4O2. The average molecular weight is 314 g/mol. The number of halogens is 1. The molecule has 0 aliphatic carbocycles. The third kappa shape index (κ3) is 2.73. The molecule has 1 aromatic carbocycles. The molecule has 3 rings (SSSR count). The lowest BCUT2D eigenvalue weighted by atomic mass is 9.96. The number of esters is 1. The number of hydrogen-bond donors (Lipinski definition) is 1. The monoisotopic (exact) mass is 314 g/mol. The van der Waals surface area contributed by atoms with E-state index in [9.17, 15) is 9.18 Å². The van der Waals surface area contributed by atoms with E-state index in [2.05, 4.69) is 22.0 Å². The van der Waals surface area contributed by atoms with Crippen LogP contribution in [-0.4, -0.2) is 27.3 Å². The van der Waals surface area contributed by atoms with E-state index < -0.39 is 12.0 Å². The molecule has 0 spiro atoms. The fourth-order valence-electron chi connectivity index (χ4n) is 2.55. The molecule has 0 fully saturated rings. The molecule has 2 aromatic rings. The number of fused-ring (bicyclic) bond motifs is 1. The van der Waals surface area contributed by atoms with Gasteiger partial charge in [0.15, 0.2) is 0 Å². The Labute approximate surface area is 132 Å². The first-order valence-electron chi connectivity index (χ1n) is 7.02. The summed E-state index contributed by atoms with van der Waals surface area (Å²) in [5, 5.41) is 7.16. The van der Waals surface area contributed by atoms with Crippen LogP contribution in [0, 0.1) is 5.82 Å². The van der Waals surface area contributed by atoms with Crippen molar-refractivity contribution in [2.75, 3.05) is 11.9 Å². The summed E-state index contributed by atoms with van der Waals surface area (Å²) in [5.74, 6) is -0.415. The van der Waals surface area contributed by atoms with E-state index in [4.69, 9.17) is 4.74 Å². The lowest BCUT2D eigenvalue weighted by molar-refractivity contribution is -0.138. The number of allylic oxidation sites excluding steroid dienone is 1. The first kappa shape index (κ1) is 15.0. The van der Waals surface area contributed by atoms with Gasteiger partial charge >= 0.3 is 5.97 Å². The van der Waals surface area contributed by atoms with E-state index in [-0.39, 0.29) is 12.4 Å². The molecule has 1 aliphatic heterocycles. The van der Waals surface area contributed by atoms with Crippen LogP contribution in [0.2, 0.25) is 0 Å². The number of rotatable bonds is 4. The van der Waals surface area contributed by atoms with Gasteiger partial charge in [0, 0.05) is 5.70 Å². The fraction of sp³-hybridized carbons (Fsp3) is 0.188. The van der Waals surface area contributed by atoms with Crippen LogP contribution in [0.15, 0.2) is 54.5 Å². The van der Waals surface area contributed by atoms with E-state index in [1.165, 1.54) is 29.2 Å². The van der Waals surface area contributed by atoms with Gasteiger partial charge in [-0.25, -0.2) is 13.9 Å². The predicted octanol–water partition coefficient (Wildman–Crippen LogP) is 2.44. The highest BCUT2D eigenvalue weighted by molar-refractivity contribution is 5.92. The summed E-state index contributed by atoms with van der Waals surface area (Å²) in [6.45, 7) is 5.37. The van der Waals surface area contributed by atoms with Gasteiger partial charge in [-0.05, 0) is 24.6 Å². The highest BCUT2D eigenvalue weighted by Crippen LogP contribution is 2.35. The van der Waals surface area contributed by atoms with Crippen LogP contribution >= 0.6 is 0 Å². The maximum atomic E-state index is 13.6. The molecule has 0 unspecified atom stereocenters. The normalized spacial score (nSPS) is 16.5. The Balaban J connectivity index is 2.10. The first-order valence-corrected chi connectivity index (χ1v) is 7.02. The van der Waals surface area contributed by atoms with Crippen LogP contribution in [0.3, 0.4) is 0 Å². The maximum Gasteiger partial charge on any atom is 0.338 e. The molecule has 23 heavy (non-hydrogen) atoms. The second-order valence-corrected chi connectivity index (χ2v) is 5.04. The Morgan fingerprint density at radius 1 is 1.57 bits per heavy atom. The summed E-state index contributed by atoms with van der Waals surface area (Å²) in [7, 11) is 0. The predicted molar refractivity (Wildman–Crippen MR) is 82.0 cm³/mol. The molecule has 0 radical (unpaired) electrons. The number of benzene rings is 1. The van der Waals surface area contributed by atoms with Crippen molar-refractivity contribution in [3.8, 4) is 0 Å². The SMILES string of the molecule is C=CCOC(=O)C1=C(C)Nc2ncnn2[C@H]1c1cccc(F)c1. The summed E-state index contributed by atoms with van der Waals surface area (Å²) < 4.78 is 20.3. The van der Waals surface area contributed by atoms with E-state index in [0.29, 0.717) is 22.8 Å². The second-order valence-electron chi connectivity index (χ2n) is 5.04. The third-order valence-electron chi connectivity index (χ3n) is 3.51. The second kappa shape index (κ2) is 6.04. The molecule has 1 aromatic heterocycles. The lowest BCUT2D eigenvalue weighted by Gasteiger charge is -2.28. The summed E-state index contributed by atoms with van der Waals surface area (Å²) in [5.41, 5.74) is 1.53. The van der Waals surface area contributed by atoms with Crippen molar-refractivity contribution in [1.82, 2.24) is 14.8 Å². The van der Waals surface area contributed by atoms with Crippen molar-refractivity contribution in [3.05, 3.63) is 65.9 Å². The van der Waals surface area contributed by atoms with Crippen LogP contribution in [0.4, 0.5) is 10.3 Å². The van der Waals surface area contributed by atoms with E-state index >= 15 is 0 Å². The van der Waals surface area contributed by atoms with Crippen molar-refractivity contribution >= 4 is 11.9 Å². The number of aromatic nitrogens is 3. The topological polar surface area (TPSA) is 69.0 Å². The van der Waals surface area contributed by atoms with Crippen LogP contribution in [0.5, 0.6) is 0 Å². The largest absolute Gasteiger partial charge is 0.458 e. The van der Waals surface area contributed by atoms with Gasteiger partial charge < -0.3 is 10.1 Å². The minimum absolute atomic E-state index is 0.0930. The quantitative estimate of drug-likeness (QED) is 0.693. The molecule has 1 aliphatic rings. The van der Waals surface area contributed by atoms with Crippen molar-refractivity contribution in [3.63, 3.8) is 0 Å². The number of hydrogen-bond acceptors (Lipinski definition) is 5. The van der Waals surface area contributed by atoms with Gasteiger partial charge in [-0.15, -0.1) is 0 Å². The summed E-state index contributed by atoms with van der Waals surface area (Å²) in [6.07, 6.45) is 2.86. The Bertz CT molecular complexity index is 797. The minimum Gasteiger partial charge on any atom is -0.458 e. The van der Waals surface area contributed by atoms with Crippen LogP contribution < -0.4 is 5.32 Å². The van der Waals surface area contributed by atoms with E-state index in [1.54, 1.807) is 19.1 Å². The molecule has 7 heteroatoms. The minimum atomic E-state index is -0.609. The number of nitrogens with zero attached hydrogens (tertiary/aromatic N) is 3. The molecule has 2 heterocycles. The van der Waals surface area contributed by atoms with Gasteiger partial charge in [-0.1, -0.05) is 24.8 Å². The number of carbonyl (C=O) groups excluding carboxylic acids is 1. The molecule has 118 valence electrons. The van der Waals surface area contributed by atoms with Gasteiger partial charge in [-0.2, -0.15) is 10.1 Å². The molecular weight excluding hydrogens is 299 g/mol. The zero-order valence-corrected chi connectivity index (χ0v) is 12.5. The summed E-state index contributed by atoms with van der Waals surface area (Å²) >= 11 is 0. The summed E-state index contributed by atoms with van der Waals surface area (Å²) in [6, 6.07) is 5.43. The van der Waals surface area contributed by atoms with Gasteiger partial charge in [0.1, 0.15) is 24.8 Å². The first-order chi connectivity index (χ1) is 11.1. The Hall–Kier alpha value is -2.96. The number of carbonyl (C=O) groups is 1. The van der Waals surface area contributed by atoms with E-state index in [0.717, 1.165) is 0 Å². The zero-order chi connectivity index (χ0) is 16.4. The van der Waals surface area contributed by atoms with E-state index in [1.807, 2.05) is 0 Å². The molecule has 6 nitrogen and oxygen atoms in total. The number of ether oxygens (including phenoxy) is 1. The Kier molecular flexibility index (Phi) is 3.92. The lowest BCUT2D eigenvalue weighted by Crippen LogP contribution is -2.29. The summed E-state index contributed by atoms with van der Waals surface area (Å²) in [4.78, 5) is 16.6. The van der Waals surface area contributed by atoms with Crippen LogP contribution in [0.1, 0.15) is 18.5 Å². The van der Waals surface area contributed by atoms with Gasteiger partial charge in [0.25, 0.3) is 0 Å². The molecule has 0 saturated heterocycles. The zero-order valence-electron chi connectivity index (χ0n) is 12.5. The molecule has 0 saturated carbocycles. The Morgan fingerprint density at radius 3 is 3.13 bits per heavy atom. The smallest absolute Gasteiger partial charge is 0.338 e. The molecule has 0 amide bonds. The van der Waals surface area contributed by atoms with Gasteiger partial charge in [0.05, 0.1) is 5.57 Å². The maximum absolute atomic E-state index is 13.6. The van der Waals surface area contributed by atoms with Crippen molar-refractivity contribution < 1.29 is 13.9 Å². The standard InChI is InChI=1S/C16H15FN4O2/c1-3-7-23-15(22)13-10(2)20-16-18-9-19-21(16)14(13)11-5-4-6-12(17)8-11/h3-6,8-9,14H,1,7H2,2H3,(H,18,19,20)/t14-/m0/s1. The highest BCUT2D eigenvalue weighted by Gasteiger charge is 2.34. The fourth-order valence-corrected chi connectivity index (χ4v) is 2.55. The van der Waals surface area contributed by atoms with Crippen molar-refractivity contribution in [2.24, 2.45) is 0 Å². The molecule has 1 N–H and O–H groups in total. The van der Waals surface area contributed by atoms with Crippen LogP contribution in [0.25, 0.3) is 0 Å². The average Bonchev–Trinajstić information content (AvgIpc) is 2.99. The van der Waals surface area contributed by atoms with Crippen molar-refractivity contribution in [2.45, 2.75) is 13.0 Å². The van der Waals surface area contributed by atoms with Gasteiger partial charge in [-0.3, -0.25) is 0 Å². The van der Waals surface area contributed by atoms with Crippen molar-refractivity contribution in [1.29, 1.82) is 0 Å². The number of anilines is 1. The van der Waals surface area contributed by atoms with Crippen LogP contribution in [-0.2, 0) is 9.53 Å². The molecule has 0 bridgehead atoms.